The maximum absolute atomic E-state index is 14.0. The predicted octanol–water partition coefficient (Wildman–Crippen LogP) is 4.54. The highest BCUT2D eigenvalue weighted by Gasteiger charge is 2.21. The van der Waals surface area contributed by atoms with Crippen LogP contribution in [0, 0.1) is 25.5 Å². The monoisotopic (exact) mass is 295 g/mol. The molecule has 0 amide bonds. The van der Waals surface area contributed by atoms with Gasteiger partial charge in [0.15, 0.2) is 11.6 Å². The van der Waals surface area contributed by atoms with E-state index in [0.717, 1.165) is 22.8 Å². The maximum atomic E-state index is 14.0. The zero-order valence-electron chi connectivity index (χ0n) is 11.6. The molecule has 0 aliphatic rings. The largest absolute Gasteiger partial charge is 0.309 e. The normalized spacial score (nSPS) is 12.5. The van der Waals surface area contributed by atoms with E-state index < -0.39 is 17.7 Å². The summed E-state index contributed by atoms with van der Waals surface area (Å²) < 4.78 is 27.4. The van der Waals surface area contributed by atoms with E-state index in [1.807, 2.05) is 26.0 Å². The lowest BCUT2D eigenvalue weighted by molar-refractivity contribution is 0.487. The summed E-state index contributed by atoms with van der Waals surface area (Å²) >= 11 is 6.26. The molecule has 4 heteroatoms. The van der Waals surface area contributed by atoms with E-state index in [0.29, 0.717) is 5.02 Å². The van der Waals surface area contributed by atoms with Crippen molar-refractivity contribution < 1.29 is 8.78 Å². The van der Waals surface area contributed by atoms with Gasteiger partial charge in [-0.1, -0.05) is 29.8 Å². The number of rotatable bonds is 3. The molecule has 0 saturated carbocycles. The zero-order valence-corrected chi connectivity index (χ0v) is 12.4. The zero-order chi connectivity index (χ0) is 14.9. The standard InChI is InChI=1S/C16H16ClF2N/c1-9-7-12(13(17)8-10(9)2)16(20-3)11-5-4-6-14(18)15(11)19/h4-8,16,20H,1-3H3. The fourth-order valence-electron chi connectivity index (χ4n) is 2.25. The molecule has 1 atom stereocenters. The van der Waals surface area contributed by atoms with E-state index in [1.54, 1.807) is 13.1 Å². The molecule has 0 spiro atoms. The average molecular weight is 296 g/mol. The van der Waals surface area contributed by atoms with Crippen LogP contribution in [0.1, 0.15) is 28.3 Å². The van der Waals surface area contributed by atoms with Crippen LogP contribution in [0.25, 0.3) is 0 Å². The predicted molar refractivity (Wildman–Crippen MR) is 78.2 cm³/mol. The Morgan fingerprint density at radius 3 is 2.35 bits per heavy atom. The number of hydrogen-bond donors (Lipinski definition) is 1. The molecule has 1 N–H and O–H groups in total. The molecule has 20 heavy (non-hydrogen) atoms. The van der Waals surface area contributed by atoms with Crippen LogP contribution in [0.15, 0.2) is 30.3 Å². The Kier molecular flexibility index (Phi) is 4.41. The van der Waals surface area contributed by atoms with Gasteiger partial charge in [-0.3, -0.25) is 0 Å². The topological polar surface area (TPSA) is 12.0 Å². The molecule has 0 aromatic heterocycles. The van der Waals surface area contributed by atoms with Gasteiger partial charge in [0.05, 0.1) is 6.04 Å². The Balaban J connectivity index is 2.58. The van der Waals surface area contributed by atoms with E-state index in [-0.39, 0.29) is 5.56 Å². The minimum atomic E-state index is -0.859. The number of aryl methyl sites for hydroxylation is 2. The van der Waals surface area contributed by atoms with Crippen molar-refractivity contribution in [3.05, 3.63) is 69.2 Å². The Morgan fingerprint density at radius 2 is 1.70 bits per heavy atom. The SMILES string of the molecule is CNC(c1cc(C)c(C)cc1Cl)c1cccc(F)c1F. The molecule has 2 aromatic carbocycles. The molecule has 0 radical (unpaired) electrons. The third kappa shape index (κ3) is 2.69. The van der Waals surface area contributed by atoms with Gasteiger partial charge in [0.25, 0.3) is 0 Å². The first-order chi connectivity index (χ1) is 9.45. The Hall–Kier alpha value is -1.45. The minimum Gasteiger partial charge on any atom is -0.309 e. The molecule has 0 aliphatic carbocycles. The van der Waals surface area contributed by atoms with E-state index in [4.69, 9.17) is 11.6 Å². The van der Waals surface area contributed by atoms with Gasteiger partial charge in [0, 0.05) is 10.6 Å². The minimum absolute atomic E-state index is 0.248. The van der Waals surface area contributed by atoms with Crippen molar-refractivity contribution in [1.82, 2.24) is 5.32 Å². The van der Waals surface area contributed by atoms with Gasteiger partial charge in [-0.15, -0.1) is 0 Å². The fourth-order valence-corrected chi connectivity index (χ4v) is 2.57. The summed E-state index contributed by atoms with van der Waals surface area (Å²) in [6.45, 7) is 3.92. The van der Waals surface area contributed by atoms with Crippen LogP contribution in [0.3, 0.4) is 0 Å². The molecule has 2 aromatic rings. The first-order valence-corrected chi connectivity index (χ1v) is 6.71. The molecule has 0 heterocycles. The van der Waals surface area contributed by atoms with E-state index in [2.05, 4.69) is 5.32 Å². The summed E-state index contributed by atoms with van der Waals surface area (Å²) in [5.74, 6) is -1.70. The number of nitrogens with one attached hydrogen (secondary N) is 1. The molecule has 1 unspecified atom stereocenters. The van der Waals surface area contributed by atoms with Crippen LogP contribution >= 0.6 is 11.6 Å². The Labute approximate surface area is 122 Å². The molecule has 0 fully saturated rings. The van der Waals surface area contributed by atoms with Crippen molar-refractivity contribution in [3.63, 3.8) is 0 Å². The van der Waals surface area contributed by atoms with Gasteiger partial charge < -0.3 is 5.32 Å². The van der Waals surface area contributed by atoms with Crippen LogP contribution in [-0.2, 0) is 0 Å². The molecule has 106 valence electrons. The number of benzene rings is 2. The lowest BCUT2D eigenvalue weighted by Gasteiger charge is -2.20. The van der Waals surface area contributed by atoms with Crippen LogP contribution in [0.5, 0.6) is 0 Å². The van der Waals surface area contributed by atoms with Gasteiger partial charge >= 0.3 is 0 Å². The summed E-state index contributed by atoms with van der Waals surface area (Å²) in [6, 6.07) is 7.42. The summed E-state index contributed by atoms with van der Waals surface area (Å²) in [7, 11) is 1.69. The van der Waals surface area contributed by atoms with Gasteiger partial charge in [0.2, 0.25) is 0 Å². The highest BCUT2D eigenvalue weighted by molar-refractivity contribution is 6.31. The van der Waals surface area contributed by atoms with Crippen molar-refractivity contribution in [2.24, 2.45) is 0 Å². The van der Waals surface area contributed by atoms with Crippen molar-refractivity contribution in [2.45, 2.75) is 19.9 Å². The van der Waals surface area contributed by atoms with Crippen LogP contribution in [0.2, 0.25) is 5.02 Å². The van der Waals surface area contributed by atoms with Gasteiger partial charge in [-0.05, 0) is 49.7 Å². The van der Waals surface area contributed by atoms with Gasteiger partial charge in [-0.25, -0.2) is 8.78 Å². The summed E-state index contributed by atoms with van der Waals surface area (Å²) in [4.78, 5) is 0. The van der Waals surface area contributed by atoms with E-state index in [1.165, 1.54) is 6.07 Å². The summed E-state index contributed by atoms with van der Waals surface area (Å²) in [5.41, 5.74) is 3.11. The molecule has 1 nitrogen and oxygen atoms in total. The molecule has 0 aliphatic heterocycles. The highest BCUT2D eigenvalue weighted by Crippen LogP contribution is 2.32. The van der Waals surface area contributed by atoms with Gasteiger partial charge in [-0.2, -0.15) is 0 Å². The Morgan fingerprint density at radius 1 is 1.05 bits per heavy atom. The van der Waals surface area contributed by atoms with Crippen LogP contribution in [0.4, 0.5) is 8.78 Å². The first-order valence-electron chi connectivity index (χ1n) is 6.33. The van der Waals surface area contributed by atoms with Gasteiger partial charge in [0.1, 0.15) is 0 Å². The molecule has 0 bridgehead atoms. The lowest BCUT2D eigenvalue weighted by Crippen LogP contribution is -2.20. The quantitative estimate of drug-likeness (QED) is 0.876. The second-order valence-electron chi connectivity index (χ2n) is 4.82. The lowest BCUT2D eigenvalue weighted by atomic mass is 9.95. The van der Waals surface area contributed by atoms with Crippen LogP contribution in [-0.4, -0.2) is 7.05 Å². The summed E-state index contributed by atoms with van der Waals surface area (Å²) in [6.07, 6.45) is 0. The smallest absolute Gasteiger partial charge is 0.163 e. The van der Waals surface area contributed by atoms with E-state index >= 15 is 0 Å². The number of hydrogen-bond acceptors (Lipinski definition) is 1. The van der Waals surface area contributed by atoms with Crippen molar-refractivity contribution >= 4 is 11.6 Å². The maximum Gasteiger partial charge on any atom is 0.163 e. The van der Waals surface area contributed by atoms with E-state index in [9.17, 15) is 8.78 Å². The second kappa shape index (κ2) is 5.90. The average Bonchev–Trinajstić information content (AvgIpc) is 2.41. The third-order valence-corrected chi connectivity index (χ3v) is 3.83. The first kappa shape index (κ1) is 14.9. The number of halogens is 3. The van der Waals surface area contributed by atoms with Crippen LogP contribution < -0.4 is 5.32 Å². The summed E-state index contributed by atoms with van der Waals surface area (Å²) in [5, 5.41) is 3.54. The molecular formula is C16H16ClF2N. The Bertz CT molecular complexity index is 641. The fraction of sp³-hybridized carbons (Fsp3) is 0.250. The third-order valence-electron chi connectivity index (χ3n) is 3.51. The second-order valence-corrected chi connectivity index (χ2v) is 5.23. The molecular weight excluding hydrogens is 280 g/mol. The van der Waals surface area contributed by atoms with Crippen molar-refractivity contribution in [3.8, 4) is 0 Å². The molecule has 2 rings (SSSR count). The highest BCUT2D eigenvalue weighted by atomic mass is 35.5. The van der Waals surface area contributed by atoms with Crippen molar-refractivity contribution in [1.29, 1.82) is 0 Å². The molecule has 0 saturated heterocycles. The van der Waals surface area contributed by atoms with Crippen molar-refractivity contribution in [2.75, 3.05) is 7.05 Å².